The molecule has 4 aliphatic carbocycles. The molecule has 4 fully saturated rings. The summed E-state index contributed by atoms with van der Waals surface area (Å²) in [6.45, 7) is 6.40. The Labute approximate surface area is 140 Å². The summed E-state index contributed by atoms with van der Waals surface area (Å²) in [5, 5.41) is 10.4. The van der Waals surface area contributed by atoms with Gasteiger partial charge in [0.25, 0.3) is 0 Å². The van der Waals surface area contributed by atoms with Crippen LogP contribution < -0.4 is 0 Å². The predicted octanol–water partition coefficient (Wildman–Crippen LogP) is 5.28. The molecule has 0 heterocycles. The average Bonchev–Trinajstić information content (AvgIpc) is 2.75. The van der Waals surface area contributed by atoms with Gasteiger partial charge in [0.05, 0.1) is 5.60 Å². The summed E-state index contributed by atoms with van der Waals surface area (Å²) in [5.74, 6) is 3.60. The fraction of sp³-hybridized carbons (Fsp3) is 0.905. The van der Waals surface area contributed by atoms with E-state index >= 15 is 0 Å². The van der Waals surface area contributed by atoms with Crippen LogP contribution in [0.5, 0.6) is 0 Å². The maximum atomic E-state index is 14.6. The highest BCUT2D eigenvalue weighted by atomic mass is 19.1. The Bertz CT molecular complexity index is 510. The minimum Gasteiger partial charge on any atom is -0.390 e. The summed E-state index contributed by atoms with van der Waals surface area (Å²) in [6.07, 6.45) is 10.3. The third-order valence-electron chi connectivity index (χ3n) is 8.40. The Hall–Kier alpha value is -0.370. The van der Waals surface area contributed by atoms with E-state index in [0.717, 1.165) is 42.6 Å². The lowest BCUT2D eigenvalue weighted by atomic mass is 9.49. The number of halogens is 1. The van der Waals surface area contributed by atoms with E-state index in [0.29, 0.717) is 11.8 Å². The van der Waals surface area contributed by atoms with E-state index in [2.05, 4.69) is 13.0 Å². The monoisotopic (exact) mass is 320 g/mol. The molecule has 1 N–H and O–H groups in total. The zero-order valence-electron chi connectivity index (χ0n) is 15.0. The molecule has 0 spiro atoms. The smallest absolute Gasteiger partial charge is 0.122 e. The quantitative estimate of drug-likeness (QED) is 0.602. The van der Waals surface area contributed by atoms with Gasteiger partial charge < -0.3 is 5.11 Å². The summed E-state index contributed by atoms with van der Waals surface area (Å²) < 4.78 is 14.6. The summed E-state index contributed by atoms with van der Waals surface area (Å²) >= 11 is 0. The second kappa shape index (κ2) is 5.31. The van der Waals surface area contributed by atoms with E-state index in [1.165, 1.54) is 32.1 Å². The number of fused-ring (bicyclic) bond motifs is 5. The van der Waals surface area contributed by atoms with Gasteiger partial charge in [-0.2, -0.15) is 0 Å². The van der Waals surface area contributed by atoms with Crippen molar-refractivity contribution in [2.75, 3.05) is 0 Å². The lowest BCUT2D eigenvalue weighted by Gasteiger charge is -2.56. The van der Waals surface area contributed by atoms with Crippen molar-refractivity contribution in [2.45, 2.75) is 83.9 Å². The third-order valence-corrected chi connectivity index (χ3v) is 8.40. The molecule has 4 saturated carbocycles. The summed E-state index contributed by atoms with van der Waals surface area (Å²) in [7, 11) is 0. The van der Waals surface area contributed by atoms with Crippen LogP contribution in [0.25, 0.3) is 0 Å². The number of aliphatic hydroxyl groups is 1. The molecule has 23 heavy (non-hydrogen) atoms. The molecule has 0 unspecified atom stereocenters. The highest BCUT2D eigenvalue weighted by molar-refractivity contribution is 5.27. The first-order valence-electron chi connectivity index (χ1n) is 9.89. The van der Waals surface area contributed by atoms with Gasteiger partial charge in [0.15, 0.2) is 0 Å². The molecule has 0 aromatic heterocycles. The van der Waals surface area contributed by atoms with E-state index in [1.54, 1.807) is 0 Å². The second-order valence-corrected chi connectivity index (χ2v) is 9.58. The molecule has 8 atom stereocenters. The van der Waals surface area contributed by atoms with Gasteiger partial charge in [-0.15, -0.1) is 0 Å². The fourth-order valence-corrected chi connectivity index (χ4v) is 7.41. The molecule has 0 aliphatic heterocycles. The Morgan fingerprint density at radius 1 is 1.04 bits per heavy atom. The van der Waals surface area contributed by atoms with Crippen LogP contribution in [0, 0.1) is 35.0 Å². The Morgan fingerprint density at radius 3 is 2.52 bits per heavy atom. The van der Waals surface area contributed by atoms with Crippen molar-refractivity contribution in [3.8, 4) is 0 Å². The van der Waals surface area contributed by atoms with E-state index in [1.807, 2.05) is 13.8 Å². The van der Waals surface area contributed by atoms with Gasteiger partial charge in [-0.05, 0) is 106 Å². The maximum absolute atomic E-state index is 14.6. The largest absolute Gasteiger partial charge is 0.390 e. The fourth-order valence-electron chi connectivity index (χ4n) is 7.41. The van der Waals surface area contributed by atoms with Crippen molar-refractivity contribution < 1.29 is 9.50 Å². The van der Waals surface area contributed by atoms with Gasteiger partial charge in [0, 0.05) is 0 Å². The van der Waals surface area contributed by atoms with Crippen LogP contribution in [0.1, 0.15) is 72.1 Å². The van der Waals surface area contributed by atoms with Crippen LogP contribution in [0.15, 0.2) is 11.6 Å². The first-order valence-corrected chi connectivity index (χ1v) is 9.89. The number of rotatable bonds is 0. The van der Waals surface area contributed by atoms with Crippen LogP contribution in [0.4, 0.5) is 4.39 Å². The zero-order chi connectivity index (χ0) is 16.4. The molecule has 4 rings (SSSR count). The van der Waals surface area contributed by atoms with Gasteiger partial charge in [0.2, 0.25) is 0 Å². The molecule has 2 heteroatoms. The van der Waals surface area contributed by atoms with Crippen LogP contribution >= 0.6 is 0 Å². The van der Waals surface area contributed by atoms with Gasteiger partial charge >= 0.3 is 0 Å². The van der Waals surface area contributed by atoms with Crippen molar-refractivity contribution >= 4 is 0 Å². The molecule has 0 aromatic carbocycles. The lowest BCUT2D eigenvalue weighted by Crippen LogP contribution is -2.49. The number of alkyl halides is 1. The van der Waals surface area contributed by atoms with Crippen molar-refractivity contribution in [2.24, 2.45) is 35.0 Å². The molecule has 0 aromatic rings. The number of allylic oxidation sites excluding steroid dienone is 2. The van der Waals surface area contributed by atoms with Crippen LogP contribution in [-0.4, -0.2) is 16.9 Å². The SMILES string of the molecule is C/C=C1/[C@H](F)C[C@H]2[C@@H]3CC[C@@H]4C[C@](C)(O)CC[C@@H]4[C@H]3CC[C@]12C. The normalized spacial score (nSPS) is 57.7. The summed E-state index contributed by atoms with van der Waals surface area (Å²) in [4.78, 5) is 0. The third kappa shape index (κ3) is 2.34. The van der Waals surface area contributed by atoms with Crippen molar-refractivity contribution in [3.05, 3.63) is 11.6 Å². The van der Waals surface area contributed by atoms with E-state index in [4.69, 9.17) is 0 Å². The Kier molecular flexibility index (Phi) is 3.72. The highest BCUT2D eigenvalue weighted by Gasteiger charge is 2.58. The van der Waals surface area contributed by atoms with Crippen LogP contribution in [-0.2, 0) is 0 Å². The molecule has 4 aliphatic rings. The van der Waals surface area contributed by atoms with Crippen molar-refractivity contribution in [3.63, 3.8) is 0 Å². The summed E-state index contributed by atoms with van der Waals surface area (Å²) in [5.41, 5.74) is 0.796. The zero-order valence-corrected chi connectivity index (χ0v) is 15.0. The first-order chi connectivity index (χ1) is 10.9. The van der Waals surface area contributed by atoms with Gasteiger partial charge in [-0.25, -0.2) is 4.39 Å². The van der Waals surface area contributed by atoms with Crippen molar-refractivity contribution in [1.29, 1.82) is 0 Å². The predicted molar refractivity (Wildman–Crippen MR) is 91.8 cm³/mol. The molecular weight excluding hydrogens is 287 g/mol. The molecule has 0 amide bonds. The average molecular weight is 320 g/mol. The molecular formula is C21H33FO. The van der Waals surface area contributed by atoms with Crippen LogP contribution in [0.2, 0.25) is 0 Å². The maximum Gasteiger partial charge on any atom is 0.122 e. The van der Waals surface area contributed by atoms with E-state index in [9.17, 15) is 9.50 Å². The number of hydrogen-bond acceptors (Lipinski definition) is 1. The Morgan fingerprint density at radius 2 is 1.78 bits per heavy atom. The molecule has 1 nitrogen and oxygen atoms in total. The minimum absolute atomic E-state index is 0.127. The van der Waals surface area contributed by atoms with E-state index in [-0.39, 0.29) is 5.41 Å². The minimum atomic E-state index is -0.696. The van der Waals surface area contributed by atoms with Gasteiger partial charge in [-0.3, -0.25) is 0 Å². The summed E-state index contributed by atoms with van der Waals surface area (Å²) in [6, 6.07) is 0. The van der Waals surface area contributed by atoms with Crippen molar-refractivity contribution in [1.82, 2.24) is 0 Å². The number of hydrogen-bond donors (Lipinski definition) is 1. The van der Waals surface area contributed by atoms with E-state index < -0.39 is 11.8 Å². The van der Waals surface area contributed by atoms with Gasteiger partial charge in [0.1, 0.15) is 6.17 Å². The first kappa shape index (κ1) is 16.1. The standard InChI is InChI=1S/C21H33FO/c1-4-17-19(22)11-18-16-6-5-13-12-20(2,23)9-7-14(13)15(16)8-10-21(17,18)3/h4,13-16,18-19,23H,5-12H2,1-3H3/b17-4-/t13-,14+,15-,16-,18+,19-,20-,21-/m1/s1. The van der Waals surface area contributed by atoms with Gasteiger partial charge in [-0.1, -0.05) is 13.0 Å². The topological polar surface area (TPSA) is 20.2 Å². The lowest BCUT2D eigenvalue weighted by molar-refractivity contribution is -0.0901. The molecule has 0 radical (unpaired) electrons. The second-order valence-electron chi connectivity index (χ2n) is 9.58. The van der Waals surface area contributed by atoms with Crippen LogP contribution in [0.3, 0.4) is 0 Å². The Balaban J connectivity index is 1.59. The highest BCUT2D eigenvalue weighted by Crippen LogP contribution is 2.64. The molecule has 0 saturated heterocycles. The molecule has 130 valence electrons. The molecule has 0 bridgehead atoms.